The highest BCUT2D eigenvalue weighted by Gasteiger charge is 2.72. The van der Waals surface area contributed by atoms with E-state index in [1.54, 1.807) is 0 Å². The number of hydrogen-bond donors (Lipinski definition) is 6. The number of rotatable bonds is 6. The van der Waals surface area contributed by atoms with Crippen LogP contribution in [0.25, 0.3) is 0 Å². The van der Waals surface area contributed by atoms with Crippen LogP contribution in [0.1, 0.15) is 85.5 Å². The molecule has 0 aromatic rings. The first kappa shape index (κ1) is 25.8. The van der Waals surface area contributed by atoms with Gasteiger partial charge < -0.3 is 30.6 Å². The highest BCUT2D eigenvalue weighted by Crippen LogP contribution is 2.69. The molecule has 0 amide bonds. The molecule has 4 fully saturated rings. The monoisotopic (exact) mass is 468 g/mol. The third kappa shape index (κ3) is 3.92. The van der Waals surface area contributed by atoms with Gasteiger partial charge in [-0.25, -0.2) is 0 Å². The van der Waals surface area contributed by atoms with Gasteiger partial charge in [0.1, 0.15) is 0 Å². The summed E-state index contributed by atoms with van der Waals surface area (Å²) in [6, 6.07) is 0. The Bertz CT molecular complexity index is 702. The van der Waals surface area contributed by atoms with Gasteiger partial charge in [-0.15, -0.1) is 0 Å². The number of fused-ring (bicyclic) bond motifs is 5. The second kappa shape index (κ2) is 9.01. The van der Waals surface area contributed by atoms with Crippen molar-refractivity contribution in [2.45, 2.75) is 115 Å². The number of aliphatic hydroxyl groups is 6. The fraction of sp³-hybridized carbons (Fsp3) is 1.00. The molecule has 4 rings (SSSR count). The predicted molar refractivity (Wildman–Crippen MR) is 126 cm³/mol. The molecule has 0 heterocycles. The normalized spacial score (nSPS) is 53.6. The molecular formula is C27H48O6. The summed E-state index contributed by atoms with van der Waals surface area (Å²) >= 11 is 0. The van der Waals surface area contributed by atoms with Crippen LogP contribution in [0, 0.1) is 46.3 Å². The van der Waals surface area contributed by atoms with Crippen LogP contribution < -0.4 is 0 Å². The van der Waals surface area contributed by atoms with Crippen LogP contribution in [0.2, 0.25) is 0 Å². The molecule has 0 aliphatic heterocycles. The maximum atomic E-state index is 12.3. The Morgan fingerprint density at radius 2 is 1.58 bits per heavy atom. The Balaban J connectivity index is 1.61. The summed E-state index contributed by atoms with van der Waals surface area (Å²) in [5.74, 6) is -0.211. The zero-order chi connectivity index (χ0) is 24.3. The first-order chi connectivity index (χ1) is 15.4. The first-order valence-electron chi connectivity index (χ1n) is 13.5. The maximum absolute atomic E-state index is 12.3. The van der Waals surface area contributed by atoms with Crippen molar-refractivity contribution in [1.82, 2.24) is 0 Å². The van der Waals surface area contributed by atoms with E-state index in [0.29, 0.717) is 12.8 Å². The van der Waals surface area contributed by atoms with E-state index < -0.39 is 41.3 Å². The van der Waals surface area contributed by atoms with E-state index in [2.05, 4.69) is 20.8 Å². The van der Waals surface area contributed by atoms with Gasteiger partial charge in [-0.05, 0) is 78.9 Å². The van der Waals surface area contributed by atoms with Crippen molar-refractivity contribution in [3.8, 4) is 0 Å². The molecule has 6 heteroatoms. The van der Waals surface area contributed by atoms with Crippen LogP contribution in [0.3, 0.4) is 0 Å². The topological polar surface area (TPSA) is 121 Å². The Kier molecular flexibility index (Phi) is 7.05. The van der Waals surface area contributed by atoms with Gasteiger partial charge in [-0.2, -0.15) is 0 Å². The van der Waals surface area contributed by atoms with Crippen LogP contribution in [0.4, 0.5) is 0 Å². The molecule has 0 aromatic carbocycles. The molecule has 0 radical (unpaired) electrons. The minimum Gasteiger partial charge on any atom is -0.396 e. The van der Waals surface area contributed by atoms with Gasteiger partial charge in [-0.1, -0.05) is 40.5 Å². The molecule has 4 aliphatic carbocycles. The largest absolute Gasteiger partial charge is 0.396 e. The van der Waals surface area contributed by atoms with Crippen molar-refractivity contribution >= 4 is 0 Å². The van der Waals surface area contributed by atoms with E-state index in [0.717, 1.165) is 38.5 Å². The zero-order valence-electron chi connectivity index (χ0n) is 21.0. The molecule has 0 bridgehead atoms. The summed E-state index contributed by atoms with van der Waals surface area (Å²) in [5, 5.41) is 65.7. The van der Waals surface area contributed by atoms with Crippen LogP contribution >= 0.6 is 0 Å². The zero-order valence-corrected chi connectivity index (χ0v) is 21.0. The molecule has 6 nitrogen and oxygen atoms in total. The van der Waals surface area contributed by atoms with Gasteiger partial charge in [0.15, 0.2) is 0 Å². The molecule has 3 unspecified atom stereocenters. The third-order valence-corrected chi connectivity index (χ3v) is 11.1. The maximum Gasteiger partial charge on any atom is 0.0863 e. The first-order valence-corrected chi connectivity index (χ1v) is 13.5. The lowest BCUT2D eigenvalue weighted by Crippen LogP contribution is -2.68. The second-order valence-electron chi connectivity index (χ2n) is 13.1. The van der Waals surface area contributed by atoms with E-state index in [1.165, 1.54) is 0 Å². The van der Waals surface area contributed by atoms with E-state index in [9.17, 15) is 30.6 Å². The van der Waals surface area contributed by atoms with Gasteiger partial charge in [0.25, 0.3) is 0 Å². The number of aliphatic hydroxyl groups excluding tert-OH is 5. The molecule has 13 atom stereocenters. The minimum atomic E-state index is -1.22. The minimum absolute atomic E-state index is 0.0393. The van der Waals surface area contributed by atoms with E-state index in [1.807, 2.05) is 6.92 Å². The quantitative estimate of drug-likeness (QED) is 0.356. The summed E-state index contributed by atoms with van der Waals surface area (Å²) in [5.41, 5.74) is -1.90. The van der Waals surface area contributed by atoms with Crippen molar-refractivity contribution in [2.75, 3.05) is 6.61 Å². The summed E-state index contributed by atoms with van der Waals surface area (Å²) in [6.07, 6.45) is 3.75. The molecular weight excluding hydrogens is 420 g/mol. The molecule has 0 aromatic heterocycles. The molecule has 33 heavy (non-hydrogen) atoms. The fourth-order valence-corrected chi connectivity index (χ4v) is 9.57. The van der Waals surface area contributed by atoms with Gasteiger partial charge in [0.2, 0.25) is 0 Å². The lowest BCUT2D eigenvalue weighted by Gasteiger charge is -2.65. The third-order valence-electron chi connectivity index (χ3n) is 11.1. The highest BCUT2D eigenvalue weighted by atomic mass is 16.3. The van der Waals surface area contributed by atoms with Crippen molar-refractivity contribution in [2.24, 2.45) is 46.3 Å². The summed E-state index contributed by atoms with van der Waals surface area (Å²) in [7, 11) is 0. The molecule has 4 saturated carbocycles. The molecule has 0 saturated heterocycles. The van der Waals surface area contributed by atoms with Crippen LogP contribution in [-0.2, 0) is 0 Å². The van der Waals surface area contributed by atoms with Gasteiger partial charge in [0.05, 0.1) is 30.0 Å². The molecule has 4 aliphatic rings. The van der Waals surface area contributed by atoms with Gasteiger partial charge >= 0.3 is 0 Å². The van der Waals surface area contributed by atoms with E-state index in [4.69, 9.17) is 0 Å². The van der Waals surface area contributed by atoms with Crippen molar-refractivity contribution in [1.29, 1.82) is 0 Å². The van der Waals surface area contributed by atoms with E-state index >= 15 is 0 Å². The standard InChI is InChI=1S/C27H48O6/c1-15(14-28)6-5-7-16(2)21-22(31)23(32)24-26(21,4)11-9-20-25(3)10-8-17(29)12-18(25)19(30)13-27(20,24)33/h15-24,28-33H,5-14H2,1-4H3/t15-,16+,17-,18?,19-,20?,21-,22+,23-,24?,25-,26+,27-/m0/s1. The Morgan fingerprint density at radius 3 is 2.24 bits per heavy atom. The van der Waals surface area contributed by atoms with Crippen molar-refractivity contribution < 1.29 is 30.6 Å². The van der Waals surface area contributed by atoms with Crippen molar-refractivity contribution in [3.63, 3.8) is 0 Å². The van der Waals surface area contributed by atoms with Crippen LogP contribution in [0.5, 0.6) is 0 Å². The fourth-order valence-electron chi connectivity index (χ4n) is 9.57. The summed E-state index contributed by atoms with van der Waals surface area (Å²) in [4.78, 5) is 0. The SMILES string of the molecule is C[C@H](CO)CCC[C@@H](C)[C@H]1[C@@H](O)[C@H](O)C2[C@]3(O)C[C@H](O)C4C[C@@H](O)CC[C@]4(C)C3CC[C@@]21C. The van der Waals surface area contributed by atoms with Gasteiger partial charge in [0, 0.05) is 18.9 Å². The Hall–Kier alpha value is -0.240. The summed E-state index contributed by atoms with van der Waals surface area (Å²) < 4.78 is 0. The van der Waals surface area contributed by atoms with Gasteiger partial charge in [-0.3, -0.25) is 0 Å². The average molecular weight is 469 g/mol. The lowest BCUT2D eigenvalue weighted by molar-refractivity contribution is -0.264. The molecule has 0 spiro atoms. The van der Waals surface area contributed by atoms with Crippen molar-refractivity contribution in [3.05, 3.63) is 0 Å². The molecule has 6 N–H and O–H groups in total. The van der Waals surface area contributed by atoms with E-state index in [-0.39, 0.29) is 48.0 Å². The predicted octanol–water partition coefficient (Wildman–Crippen LogP) is 2.47. The smallest absolute Gasteiger partial charge is 0.0863 e. The Morgan fingerprint density at radius 1 is 0.909 bits per heavy atom. The Labute approximate surface area is 199 Å². The second-order valence-corrected chi connectivity index (χ2v) is 13.1. The van der Waals surface area contributed by atoms with Crippen LogP contribution in [0.15, 0.2) is 0 Å². The summed E-state index contributed by atoms with van der Waals surface area (Å²) in [6.45, 7) is 8.70. The van der Waals surface area contributed by atoms with Crippen LogP contribution in [-0.4, -0.2) is 67.3 Å². The molecule has 192 valence electrons. The lowest BCUT2D eigenvalue weighted by atomic mass is 9.42. The highest BCUT2D eigenvalue weighted by molar-refractivity contribution is 5.21. The average Bonchev–Trinajstić information content (AvgIpc) is 2.95. The number of hydrogen-bond acceptors (Lipinski definition) is 6.